The molecule has 1 amide bonds. The van der Waals surface area contributed by atoms with E-state index in [2.05, 4.69) is 10.2 Å². The van der Waals surface area contributed by atoms with Crippen molar-refractivity contribution in [3.63, 3.8) is 0 Å². The predicted molar refractivity (Wildman–Crippen MR) is 103 cm³/mol. The minimum Gasteiger partial charge on any atom is -0.479 e. The van der Waals surface area contributed by atoms with Gasteiger partial charge in [0.1, 0.15) is 5.75 Å². The van der Waals surface area contributed by atoms with Gasteiger partial charge in [0.15, 0.2) is 6.10 Å². The topological polar surface area (TPSA) is 41.6 Å². The van der Waals surface area contributed by atoms with Crippen molar-refractivity contribution in [2.45, 2.75) is 25.9 Å². The Balaban J connectivity index is 1.69. The lowest BCUT2D eigenvalue weighted by Crippen LogP contribution is -2.31. The van der Waals surface area contributed by atoms with Gasteiger partial charge in [-0.15, -0.1) is 0 Å². The fourth-order valence-corrected chi connectivity index (χ4v) is 3.32. The van der Waals surface area contributed by atoms with Crippen molar-refractivity contribution < 1.29 is 9.53 Å². The molecular formula is C19H20Cl2N2O2. The summed E-state index contributed by atoms with van der Waals surface area (Å²) in [6.07, 6.45) is 1.67. The molecule has 0 unspecified atom stereocenters. The number of benzene rings is 2. The highest BCUT2D eigenvalue weighted by Crippen LogP contribution is 2.30. The van der Waals surface area contributed by atoms with E-state index in [4.69, 9.17) is 27.9 Å². The molecule has 3 rings (SSSR count). The quantitative estimate of drug-likeness (QED) is 0.795. The van der Waals surface area contributed by atoms with Gasteiger partial charge in [0.05, 0.1) is 16.4 Å². The molecular weight excluding hydrogens is 359 g/mol. The highest BCUT2D eigenvalue weighted by atomic mass is 35.5. The second-order valence-electron chi connectivity index (χ2n) is 6.04. The summed E-state index contributed by atoms with van der Waals surface area (Å²) < 4.78 is 5.68. The van der Waals surface area contributed by atoms with Crippen LogP contribution in [0, 0.1) is 0 Å². The zero-order valence-electron chi connectivity index (χ0n) is 14.0. The lowest BCUT2D eigenvalue weighted by atomic mass is 10.2. The number of anilines is 2. The Hall–Kier alpha value is -1.91. The van der Waals surface area contributed by atoms with Crippen LogP contribution in [0.5, 0.6) is 5.75 Å². The second-order valence-corrected chi connectivity index (χ2v) is 6.88. The van der Waals surface area contributed by atoms with Crippen molar-refractivity contribution in [3.8, 4) is 5.75 Å². The first-order valence-corrected chi connectivity index (χ1v) is 9.07. The van der Waals surface area contributed by atoms with Crippen molar-refractivity contribution >= 4 is 40.5 Å². The van der Waals surface area contributed by atoms with Crippen LogP contribution in [0.1, 0.15) is 19.8 Å². The minimum absolute atomic E-state index is 0.224. The van der Waals surface area contributed by atoms with Crippen molar-refractivity contribution in [2.24, 2.45) is 0 Å². The smallest absolute Gasteiger partial charge is 0.265 e. The van der Waals surface area contributed by atoms with Gasteiger partial charge in [0.25, 0.3) is 5.91 Å². The molecule has 0 bridgehead atoms. The number of hydrogen-bond donors (Lipinski definition) is 1. The van der Waals surface area contributed by atoms with E-state index in [0.717, 1.165) is 24.5 Å². The highest BCUT2D eigenvalue weighted by molar-refractivity contribution is 6.35. The van der Waals surface area contributed by atoms with Crippen LogP contribution < -0.4 is 15.0 Å². The Morgan fingerprint density at radius 1 is 1.16 bits per heavy atom. The monoisotopic (exact) mass is 378 g/mol. The van der Waals surface area contributed by atoms with E-state index in [1.165, 1.54) is 12.8 Å². The summed E-state index contributed by atoms with van der Waals surface area (Å²) in [6, 6.07) is 12.8. The Morgan fingerprint density at radius 3 is 2.60 bits per heavy atom. The van der Waals surface area contributed by atoms with Gasteiger partial charge in [-0.05, 0) is 50.1 Å². The summed E-state index contributed by atoms with van der Waals surface area (Å²) in [7, 11) is 0. The molecule has 6 heteroatoms. The zero-order chi connectivity index (χ0) is 17.8. The van der Waals surface area contributed by atoms with E-state index in [9.17, 15) is 4.79 Å². The van der Waals surface area contributed by atoms with Crippen molar-refractivity contribution in [2.75, 3.05) is 23.3 Å². The summed E-state index contributed by atoms with van der Waals surface area (Å²) >= 11 is 12.0. The van der Waals surface area contributed by atoms with Crippen LogP contribution in [0.15, 0.2) is 42.5 Å². The lowest BCUT2D eigenvalue weighted by molar-refractivity contribution is -0.122. The van der Waals surface area contributed by atoms with Crippen LogP contribution in [-0.4, -0.2) is 25.1 Å². The molecule has 1 aliphatic rings. The molecule has 0 aliphatic carbocycles. The molecule has 25 heavy (non-hydrogen) atoms. The SMILES string of the molecule is C[C@H](Oc1ccc(Cl)cc1Cl)C(=O)Nc1ccccc1N1CCCC1. The minimum atomic E-state index is -0.690. The number of halogens is 2. The highest BCUT2D eigenvalue weighted by Gasteiger charge is 2.20. The molecule has 1 fully saturated rings. The van der Waals surface area contributed by atoms with Gasteiger partial charge in [-0.2, -0.15) is 0 Å². The molecule has 4 nitrogen and oxygen atoms in total. The molecule has 0 radical (unpaired) electrons. The first-order chi connectivity index (χ1) is 12.0. The third-order valence-corrected chi connectivity index (χ3v) is 4.71. The molecule has 0 spiro atoms. The predicted octanol–water partition coefficient (Wildman–Crippen LogP) is 5.00. The van der Waals surface area contributed by atoms with Crippen LogP contribution in [0.25, 0.3) is 0 Å². The van der Waals surface area contributed by atoms with Crippen molar-refractivity contribution in [1.82, 2.24) is 0 Å². The Labute approximate surface area is 157 Å². The number of nitrogens with zero attached hydrogens (tertiary/aromatic N) is 1. The molecule has 132 valence electrons. The third kappa shape index (κ3) is 4.39. The lowest BCUT2D eigenvalue weighted by Gasteiger charge is -2.22. The van der Waals surface area contributed by atoms with Gasteiger partial charge in [-0.25, -0.2) is 0 Å². The summed E-state index contributed by atoms with van der Waals surface area (Å²) in [6.45, 7) is 3.72. The fraction of sp³-hybridized carbons (Fsp3) is 0.316. The average Bonchev–Trinajstić information content (AvgIpc) is 3.12. The Bertz CT molecular complexity index is 761. The second kappa shape index (κ2) is 7.98. The van der Waals surface area contributed by atoms with Crippen LogP contribution in [0.2, 0.25) is 10.0 Å². The maximum absolute atomic E-state index is 12.5. The average molecular weight is 379 g/mol. The number of ether oxygens (including phenoxy) is 1. The fourth-order valence-electron chi connectivity index (χ4n) is 2.86. The van der Waals surface area contributed by atoms with Gasteiger partial charge < -0.3 is 15.0 Å². The Morgan fingerprint density at radius 2 is 1.88 bits per heavy atom. The van der Waals surface area contributed by atoms with Crippen molar-refractivity contribution in [3.05, 3.63) is 52.5 Å². The summed E-state index contributed by atoms with van der Waals surface area (Å²) in [5.41, 5.74) is 1.84. The van der Waals surface area contributed by atoms with Crippen LogP contribution in [0.4, 0.5) is 11.4 Å². The number of amides is 1. The number of para-hydroxylation sites is 2. The van der Waals surface area contributed by atoms with Gasteiger partial charge in [0.2, 0.25) is 0 Å². The number of hydrogen-bond acceptors (Lipinski definition) is 3. The molecule has 1 saturated heterocycles. The number of carbonyl (C=O) groups excluding carboxylic acids is 1. The Kier molecular flexibility index (Phi) is 5.71. The van der Waals surface area contributed by atoms with Gasteiger partial charge in [0, 0.05) is 18.1 Å². The van der Waals surface area contributed by atoms with E-state index in [1.807, 2.05) is 24.3 Å². The molecule has 1 heterocycles. The number of nitrogens with one attached hydrogen (secondary N) is 1. The van der Waals surface area contributed by atoms with E-state index in [0.29, 0.717) is 15.8 Å². The number of carbonyl (C=O) groups is 1. The first kappa shape index (κ1) is 17.9. The summed E-state index contributed by atoms with van der Waals surface area (Å²) in [5, 5.41) is 3.87. The van der Waals surface area contributed by atoms with Crippen LogP contribution in [-0.2, 0) is 4.79 Å². The van der Waals surface area contributed by atoms with Crippen LogP contribution in [0.3, 0.4) is 0 Å². The first-order valence-electron chi connectivity index (χ1n) is 8.31. The molecule has 2 aromatic carbocycles. The van der Waals surface area contributed by atoms with E-state index >= 15 is 0 Å². The summed E-state index contributed by atoms with van der Waals surface area (Å²) in [4.78, 5) is 14.8. The number of rotatable bonds is 5. The van der Waals surface area contributed by atoms with E-state index in [-0.39, 0.29) is 5.91 Å². The van der Waals surface area contributed by atoms with Gasteiger partial charge >= 0.3 is 0 Å². The van der Waals surface area contributed by atoms with Gasteiger partial charge in [-0.3, -0.25) is 4.79 Å². The largest absolute Gasteiger partial charge is 0.479 e. The molecule has 1 aliphatic heterocycles. The standard InChI is InChI=1S/C19H20Cl2N2O2/c1-13(25-18-9-8-14(20)12-15(18)21)19(24)22-16-6-2-3-7-17(16)23-10-4-5-11-23/h2-3,6-9,12-13H,4-5,10-11H2,1H3,(H,22,24)/t13-/m0/s1. The summed E-state index contributed by atoms with van der Waals surface area (Å²) in [5.74, 6) is 0.208. The molecule has 1 atom stereocenters. The maximum atomic E-state index is 12.5. The van der Waals surface area contributed by atoms with Crippen molar-refractivity contribution in [1.29, 1.82) is 0 Å². The third-order valence-electron chi connectivity index (χ3n) is 4.18. The zero-order valence-corrected chi connectivity index (χ0v) is 15.5. The normalized spacial score (nSPS) is 15.1. The molecule has 2 aromatic rings. The maximum Gasteiger partial charge on any atom is 0.265 e. The van der Waals surface area contributed by atoms with Gasteiger partial charge in [-0.1, -0.05) is 35.3 Å². The molecule has 0 aromatic heterocycles. The van der Waals surface area contributed by atoms with E-state index < -0.39 is 6.10 Å². The van der Waals surface area contributed by atoms with E-state index in [1.54, 1.807) is 25.1 Å². The molecule has 1 N–H and O–H groups in total. The molecule has 0 saturated carbocycles. The van der Waals surface area contributed by atoms with Crippen LogP contribution >= 0.6 is 23.2 Å².